The Morgan fingerprint density at radius 2 is 2.43 bits per heavy atom. The van der Waals surface area contributed by atoms with Gasteiger partial charge in [0.1, 0.15) is 0 Å². The highest BCUT2D eigenvalue weighted by Gasteiger charge is 1.86. The van der Waals surface area contributed by atoms with Crippen LogP contribution in [0.2, 0.25) is 0 Å². The quantitative estimate of drug-likeness (QED) is 0.498. The van der Waals surface area contributed by atoms with Crippen molar-refractivity contribution in [3.63, 3.8) is 0 Å². The summed E-state index contributed by atoms with van der Waals surface area (Å²) in [6, 6.07) is 0. The van der Waals surface area contributed by atoms with Gasteiger partial charge in [0.05, 0.1) is 13.2 Å². The van der Waals surface area contributed by atoms with Crippen molar-refractivity contribution in [2.24, 2.45) is 0 Å². The lowest BCUT2D eigenvalue weighted by molar-refractivity contribution is 0.331. The van der Waals surface area contributed by atoms with E-state index in [4.69, 9.17) is 10.5 Å². The molecule has 0 unspecified atom stereocenters. The predicted octanol–water partition coefficient (Wildman–Crippen LogP) is 0.633. The smallest absolute Gasteiger partial charge is 0.174 e. The maximum absolute atomic E-state index is 6.65. The summed E-state index contributed by atoms with van der Waals surface area (Å²) >= 11 is 4.54. The Kier molecular flexibility index (Phi) is 3.93. The first kappa shape index (κ1) is 6.85. The molecule has 1 N–H and O–H groups in total. The fourth-order valence-electron chi connectivity index (χ4n) is 0.212. The fourth-order valence-corrected chi connectivity index (χ4v) is 0.330. The van der Waals surface area contributed by atoms with Crippen LogP contribution in [0.25, 0.3) is 0 Å². The van der Waals surface area contributed by atoms with Crippen LogP contribution < -0.4 is 5.73 Å². The molecule has 0 saturated carbocycles. The highest BCUT2D eigenvalue weighted by Crippen LogP contribution is 1.76. The minimum atomic E-state index is 0.100. The molecule has 1 radical (unpaired) electrons. The normalized spacial score (nSPS) is 8.29. The van der Waals surface area contributed by atoms with E-state index in [1.165, 1.54) is 0 Å². The second-order valence-corrected chi connectivity index (χ2v) is 1.44. The zero-order valence-corrected chi connectivity index (χ0v) is 5.05. The van der Waals surface area contributed by atoms with Crippen molar-refractivity contribution in [3.05, 3.63) is 0 Å². The third-order valence-corrected chi connectivity index (χ3v) is 0.712. The number of hydrogen-bond acceptors (Lipinski definition) is 2. The Morgan fingerprint density at radius 1 is 1.86 bits per heavy atom. The average Bonchev–Trinajstić information content (AvgIpc) is 1.68. The van der Waals surface area contributed by atoms with Crippen LogP contribution in [0.1, 0.15) is 6.92 Å². The van der Waals surface area contributed by atoms with Gasteiger partial charge in [0.25, 0.3) is 0 Å². The van der Waals surface area contributed by atoms with Gasteiger partial charge in [-0.2, -0.15) is 0 Å². The van der Waals surface area contributed by atoms with E-state index < -0.39 is 0 Å². The summed E-state index contributed by atoms with van der Waals surface area (Å²) in [5.74, 6) is 0. The molecule has 0 aliphatic heterocycles. The molecule has 2 nitrogen and oxygen atoms in total. The monoisotopic (exact) mass is 118 g/mol. The van der Waals surface area contributed by atoms with E-state index >= 15 is 0 Å². The molecule has 0 fully saturated rings. The first-order chi connectivity index (χ1) is 3.31. The summed E-state index contributed by atoms with van der Waals surface area (Å²) in [5.41, 5.74) is 6.65. The summed E-state index contributed by atoms with van der Waals surface area (Å²) in [4.78, 5) is 0. The van der Waals surface area contributed by atoms with Crippen LogP contribution in [0, 0.1) is 0 Å². The van der Waals surface area contributed by atoms with Gasteiger partial charge in [0.2, 0.25) is 0 Å². The molecule has 0 atom stereocenters. The number of thiocarbonyl (C=S) groups is 1. The second-order valence-electron chi connectivity index (χ2n) is 0.982. The molecule has 3 heteroatoms. The van der Waals surface area contributed by atoms with E-state index in [-0.39, 0.29) is 6.54 Å². The van der Waals surface area contributed by atoms with Gasteiger partial charge in [-0.1, -0.05) is 0 Å². The number of nitrogens with one attached hydrogen (secondary N) is 1. The van der Waals surface area contributed by atoms with Crippen molar-refractivity contribution in [2.45, 2.75) is 6.92 Å². The van der Waals surface area contributed by atoms with Gasteiger partial charge in [0, 0.05) is 0 Å². The summed E-state index contributed by atoms with van der Waals surface area (Å²) < 4.78 is 4.73. The molecule has 41 valence electrons. The van der Waals surface area contributed by atoms with Gasteiger partial charge in [0.15, 0.2) is 5.05 Å². The first-order valence-corrected chi connectivity index (χ1v) is 2.52. The SMILES string of the molecule is CCOC(=S)C[NH]. The summed E-state index contributed by atoms with van der Waals surface area (Å²) in [5, 5.41) is 0.377. The molecule has 0 bridgehead atoms. The van der Waals surface area contributed by atoms with Crippen molar-refractivity contribution < 1.29 is 4.74 Å². The van der Waals surface area contributed by atoms with Crippen molar-refractivity contribution in [1.29, 1.82) is 0 Å². The molecule has 0 aromatic rings. The van der Waals surface area contributed by atoms with Gasteiger partial charge in [-0.25, -0.2) is 5.73 Å². The molecule has 0 heterocycles. The van der Waals surface area contributed by atoms with E-state index in [9.17, 15) is 0 Å². The van der Waals surface area contributed by atoms with Gasteiger partial charge in [-0.3, -0.25) is 0 Å². The third-order valence-electron chi connectivity index (χ3n) is 0.450. The summed E-state index contributed by atoms with van der Waals surface area (Å²) in [6.45, 7) is 2.53. The molecule has 0 aliphatic rings. The fraction of sp³-hybridized carbons (Fsp3) is 0.750. The summed E-state index contributed by atoms with van der Waals surface area (Å²) in [7, 11) is 0. The Balaban J connectivity index is 3.00. The van der Waals surface area contributed by atoms with Crippen molar-refractivity contribution in [3.8, 4) is 0 Å². The number of hydrogen-bond donors (Lipinski definition) is 0. The van der Waals surface area contributed by atoms with Crippen LogP contribution in [0.5, 0.6) is 0 Å². The largest absolute Gasteiger partial charge is 0.486 e. The molecular weight excluding hydrogens is 110 g/mol. The van der Waals surface area contributed by atoms with Gasteiger partial charge in [-0.05, 0) is 19.1 Å². The average molecular weight is 118 g/mol. The van der Waals surface area contributed by atoms with E-state index in [1.54, 1.807) is 0 Å². The lowest BCUT2D eigenvalue weighted by Gasteiger charge is -1.97. The van der Waals surface area contributed by atoms with Gasteiger partial charge >= 0.3 is 0 Å². The highest BCUT2D eigenvalue weighted by atomic mass is 32.1. The molecule has 0 saturated heterocycles. The van der Waals surface area contributed by atoms with E-state index in [0.29, 0.717) is 11.7 Å². The standard InChI is InChI=1S/C4H8NOS/c1-2-6-4(7)3-5/h5H,2-3H2,1H3. The van der Waals surface area contributed by atoms with Crippen LogP contribution in [0.3, 0.4) is 0 Å². The molecular formula is C4H8NOS. The molecule has 0 rings (SSSR count). The predicted molar refractivity (Wildman–Crippen MR) is 32.2 cm³/mol. The lowest BCUT2D eigenvalue weighted by Crippen LogP contribution is -2.06. The van der Waals surface area contributed by atoms with Gasteiger partial charge in [-0.15, -0.1) is 0 Å². The van der Waals surface area contributed by atoms with Crippen LogP contribution in [-0.4, -0.2) is 18.2 Å². The summed E-state index contributed by atoms with van der Waals surface area (Å²) in [6.07, 6.45) is 0. The first-order valence-electron chi connectivity index (χ1n) is 2.11. The minimum absolute atomic E-state index is 0.100. The Hall–Kier alpha value is -0.150. The molecule has 7 heavy (non-hydrogen) atoms. The van der Waals surface area contributed by atoms with Gasteiger partial charge < -0.3 is 4.74 Å². The molecule has 0 aromatic carbocycles. The Labute approximate surface area is 48.6 Å². The van der Waals surface area contributed by atoms with Crippen LogP contribution >= 0.6 is 12.2 Å². The maximum Gasteiger partial charge on any atom is 0.174 e. The third kappa shape index (κ3) is 3.69. The van der Waals surface area contributed by atoms with E-state index in [2.05, 4.69) is 12.2 Å². The highest BCUT2D eigenvalue weighted by molar-refractivity contribution is 7.80. The zero-order chi connectivity index (χ0) is 5.70. The van der Waals surface area contributed by atoms with E-state index in [0.717, 1.165) is 0 Å². The van der Waals surface area contributed by atoms with Crippen molar-refractivity contribution >= 4 is 17.3 Å². The second kappa shape index (κ2) is 4.02. The molecule has 0 amide bonds. The van der Waals surface area contributed by atoms with Crippen molar-refractivity contribution in [2.75, 3.05) is 13.2 Å². The van der Waals surface area contributed by atoms with E-state index in [1.807, 2.05) is 6.92 Å². The topological polar surface area (TPSA) is 33.0 Å². The van der Waals surface area contributed by atoms with Crippen LogP contribution in [0.4, 0.5) is 0 Å². The zero-order valence-electron chi connectivity index (χ0n) is 4.23. The minimum Gasteiger partial charge on any atom is -0.486 e. The van der Waals surface area contributed by atoms with Crippen LogP contribution in [-0.2, 0) is 4.74 Å². The number of rotatable bonds is 2. The Bertz CT molecular complexity index is 64.7. The molecule has 0 aliphatic carbocycles. The van der Waals surface area contributed by atoms with Crippen LogP contribution in [0.15, 0.2) is 0 Å². The maximum atomic E-state index is 6.65. The lowest BCUT2D eigenvalue weighted by atomic mass is 10.7. The molecule has 0 aromatic heterocycles. The molecule has 0 spiro atoms. The Morgan fingerprint density at radius 3 is 2.57 bits per heavy atom. The number of ether oxygens (including phenoxy) is 1. The van der Waals surface area contributed by atoms with Crippen molar-refractivity contribution in [1.82, 2.24) is 5.73 Å².